The zero-order valence-corrected chi connectivity index (χ0v) is 10.8. The monoisotopic (exact) mass is 258 g/mol. The van der Waals surface area contributed by atoms with Gasteiger partial charge >= 0.3 is 0 Å². The van der Waals surface area contributed by atoms with Gasteiger partial charge in [0.1, 0.15) is 0 Å². The molecule has 2 aromatic carbocycles. The summed E-state index contributed by atoms with van der Waals surface area (Å²) >= 11 is 6.07. The molecule has 2 aromatic rings. The van der Waals surface area contributed by atoms with Crippen LogP contribution in [0.1, 0.15) is 11.1 Å². The molecule has 0 aliphatic carbocycles. The summed E-state index contributed by atoms with van der Waals surface area (Å²) in [6, 6.07) is 20.0. The molecule has 0 N–H and O–H groups in total. The molecule has 18 heavy (non-hydrogen) atoms. The highest BCUT2D eigenvalue weighted by Gasteiger charge is 1.99. The van der Waals surface area contributed by atoms with Crippen LogP contribution in [0.15, 0.2) is 66.7 Å². The normalized spacial score (nSPS) is 12.7. The topological polar surface area (TPSA) is 9.23 Å². The first-order valence-corrected chi connectivity index (χ1v) is 6.31. The molecule has 0 heterocycles. The first-order valence-electron chi connectivity index (χ1n) is 5.87. The van der Waals surface area contributed by atoms with Crippen molar-refractivity contribution in [3.05, 3.63) is 77.9 Å². The van der Waals surface area contributed by atoms with Crippen LogP contribution in [0.3, 0.4) is 0 Å². The van der Waals surface area contributed by atoms with E-state index in [2.05, 4.69) is 0 Å². The van der Waals surface area contributed by atoms with Crippen molar-refractivity contribution in [2.45, 2.75) is 12.2 Å². The predicted molar refractivity (Wildman–Crippen MR) is 76.3 cm³/mol. The van der Waals surface area contributed by atoms with Gasteiger partial charge in [0.2, 0.25) is 0 Å². The maximum absolute atomic E-state index is 6.07. The molecule has 0 aliphatic rings. The van der Waals surface area contributed by atoms with E-state index in [4.69, 9.17) is 16.3 Å². The van der Waals surface area contributed by atoms with Gasteiger partial charge in [0, 0.05) is 0 Å². The van der Waals surface area contributed by atoms with Gasteiger partial charge in [-0.1, -0.05) is 78.3 Å². The van der Waals surface area contributed by atoms with E-state index in [1.54, 1.807) is 0 Å². The Kier molecular flexibility index (Phi) is 5.00. The van der Waals surface area contributed by atoms with Crippen molar-refractivity contribution in [2.75, 3.05) is 0 Å². The van der Waals surface area contributed by atoms with Gasteiger partial charge in [-0.2, -0.15) is 0 Å². The zero-order chi connectivity index (χ0) is 12.6. The molecule has 0 aliphatic heterocycles. The third-order valence-corrected chi connectivity index (χ3v) is 2.76. The van der Waals surface area contributed by atoms with Crippen LogP contribution in [-0.4, -0.2) is 5.56 Å². The average molecular weight is 259 g/mol. The Bertz CT molecular complexity index is 479. The van der Waals surface area contributed by atoms with Crippen molar-refractivity contribution in [3.63, 3.8) is 0 Å². The van der Waals surface area contributed by atoms with E-state index in [0.717, 1.165) is 11.1 Å². The van der Waals surface area contributed by atoms with Crippen molar-refractivity contribution in [3.8, 4) is 0 Å². The van der Waals surface area contributed by atoms with Crippen LogP contribution in [-0.2, 0) is 11.3 Å². The average Bonchev–Trinajstić information content (AvgIpc) is 2.45. The second kappa shape index (κ2) is 7.00. The largest absolute Gasteiger partial charge is 0.354 e. The minimum absolute atomic E-state index is 0.412. The summed E-state index contributed by atoms with van der Waals surface area (Å²) in [7, 11) is 0. The van der Waals surface area contributed by atoms with Crippen LogP contribution < -0.4 is 0 Å². The maximum Gasteiger partial charge on any atom is 0.150 e. The van der Waals surface area contributed by atoms with Gasteiger partial charge in [0.15, 0.2) is 5.56 Å². The van der Waals surface area contributed by atoms with Crippen LogP contribution in [0.5, 0.6) is 0 Å². The Morgan fingerprint density at radius 2 is 1.56 bits per heavy atom. The minimum Gasteiger partial charge on any atom is -0.354 e. The molecule has 0 spiro atoms. The highest BCUT2D eigenvalue weighted by atomic mass is 35.5. The fraction of sp³-hybridized carbons (Fsp3) is 0.125. The Labute approximate surface area is 113 Å². The molecule has 0 radical (unpaired) electrons. The maximum atomic E-state index is 6.07. The van der Waals surface area contributed by atoms with Crippen LogP contribution in [0.4, 0.5) is 0 Å². The molecular weight excluding hydrogens is 244 g/mol. The van der Waals surface area contributed by atoms with Crippen molar-refractivity contribution in [1.29, 1.82) is 0 Å². The molecule has 1 atom stereocenters. The van der Waals surface area contributed by atoms with Crippen molar-refractivity contribution in [1.82, 2.24) is 0 Å². The summed E-state index contributed by atoms with van der Waals surface area (Å²) < 4.78 is 5.53. The smallest absolute Gasteiger partial charge is 0.150 e. The standard InChI is InChI=1S/C16H15ClO/c17-16(12-11-14-7-3-1-4-8-14)18-13-15-9-5-2-6-10-15/h1-12,16H,13H2/b12-11+. The molecule has 2 heteroatoms. The summed E-state index contributed by atoms with van der Waals surface area (Å²) in [5.41, 5.74) is 1.83. The van der Waals surface area contributed by atoms with Gasteiger partial charge in [0.05, 0.1) is 6.61 Å². The fourth-order valence-electron chi connectivity index (χ4n) is 1.56. The molecular formula is C16H15ClO. The van der Waals surface area contributed by atoms with Gasteiger partial charge in [-0.05, 0) is 17.2 Å². The molecule has 2 rings (SSSR count). The summed E-state index contributed by atoms with van der Waals surface area (Å²) in [5.74, 6) is 0. The number of benzene rings is 2. The first kappa shape index (κ1) is 12.9. The van der Waals surface area contributed by atoms with Crippen molar-refractivity contribution in [2.24, 2.45) is 0 Å². The Hall–Kier alpha value is -1.57. The molecule has 0 saturated carbocycles. The van der Waals surface area contributed by atoms with Crippen LogP contribution in [0.25, 0.3) is 6.08 Å². The second-order valence-electron chi connectivity index (χ2n) is 3.92. The Morgan fingerprint density at radius 1 is 0.944 bits per heavy atom. The number of halogens is 1. The van der Waals surface area contributed by atoms with E-state index in [1.807, 2.05) is 72.8 Å². The lowest BCUT2D eigenvalue weighted by Crippen LogP contribution is -2.01. The lowest BCUT2D eigenvalue weighted by molar-refractivity contribution is 0.122. The van der Waals surface area contributed by atoms with E-state index in [-0.39, 0.29) is 0 Å². The SMILES string of the molecule is ClC(/C=C/c1ccccc1)OCc1ccccc1. The molecule has 0 amide bonds. The highest BCUT2D eigenvalue weighted by Crippen LogP contribution is 2.09. The Balaban J connectivity index is 1.82. The molecule has 0 aromatic heterocycles. The van der Waals surface area contributed by atoms with E-state index in [9.17, 15) is 0 Å². The summed E-state index contributed by atoms with van der Waals surface area (Å²) in [5, 5.41) is 0. The second-order valence-corrected chi connectivity index (χ2v) is 4.35. The molecule has 1 unspecified atom stereocenters. The number of hydrogen-bond donors (Lipinski definition) is 0. The number of hydrogen-bond acceptors (Lipinski definition) is 1. The number of rotatable bonds is 5. The van der Waals surface area contributed by atoms with E-state index in [1.165, 1.54) is 0 Å². The van der Waals surface area contributed by atoms with Crippen molar-refractivity contribution < 1.29 is 4.74 Å². The molecule has 0 saturated heterocycles. The summed E-state index contributed by atoms with van der Waals surface area (Å²) in [6.45, 7) is 0.522. The van der Waals surface area contributed by atoms with E-state index >= 15 is 0 Å². The Morgan fingerprint density at radius 3 is 2.22 bits per heavy atom. The quantitative estimate of drug-likeness (QED) is 0.719. The summed E-state index contributed by atoms with van der Waals surface area (Å²) in [4.78, 5) is 0. The lowest BCUT2D eigenvalue weighted by atomic mass is 10.2. The molecule has 0 fully saturated rings. The van der Waals surface area contributed by atoms with Crippen LogP contribution >= 0.6 is 11.6 Å². The van der Waals surface area contributed by atoms with E-state index in [0.29, 0.717) is 6.61 Å². The van der Waals surface area contributed by atoms with Gasteiger partial charge in [0.25, 0.3) is 0 Å². The van der Waals surface area contributed by atoms with Gasteiger partial charge in [-0.15, -0.1) is 0 Å². The van der Waals surface area contributed by atoms with Crippen LogP contribution in [0, 0.1) is 0 Å². The predicted octanol–water partition coefficient (Wildman–Crippen LogP) is 4.48. The number of alkyl halides is 1. The third kappa shape index (κ3) is 4.36. The highest BCUT2D eigenvalue weighted by molar-refractivity contribution is 6.21. The van der Waals surface area contributed by atoms with Gasteiger partial charge in [-0.3, -0.25) is 0 Å². The number of ether oxygens (including phenoxy) is 1. The summed E-state index contributed by atoms with van der Waals surface area (Å²) in [6.07, 6.45) is 3.81. The fourth-order valence-corrected chi connectivity index (χ4v) is 1.69. The first-order chi connectivity index (χ1) is 8.84. The molecule has 0 bridgehead atoms. The third-order valence-electron chi connectivity index (χ3n) is 2.49. The van der Waals surface area contributed by atoms with Crippen LogP contribution in [0.2, 0.25) is 0 Å². The van der Waals surface area contributed by atoms with E-state index < -0.39 is 5.56 Å². The molecule has 92 valence electrons. The molecule has 1 nitrogen and oxygen atoms in total. The lowest BCUT2D eigenvalue weighted by Gasteiger charge is -2.06. The van der Waals surface area contributed by atoms with Crippen molar-refractivity contribution >= 4 is 17.7 Å². The van der Waals surface area contributed by atoms with Gasteiger partial charge in [-0.25, -0.2) is 0 Å². The zero-order valence-electron chi connectivity index (χ0n) is 10.00. The minimum atomic E-state index is -0.412. The van der Waals surface area contributed by atoms with Gasteiger partial charge < -0.3 is 4.74 Å².